The zero-order valence-corrected chi connectivity index (χ0v) is 18.5. The molecule has 3 amide bonds. The molecule has 4 rings (SSSR count). The number of rotatable bonds is 6. The lowest BCUT2D eigenvalue weighted by molar-refractivity contribution is -0.385. The number of nitrogens with zero attached hydrogens (tertiary/aromatic N) is 3. The number of carbonyl (C=O) groups is 4. The van der Waals surface area contributed by atoms with E-state index in [0.29, 0.717) is 15.0 Å². The van der Waals surface area contributed by atoms with Crippen LogP contribution in [-0.2, 0) is 0 Å². The number of ketones is 1. The molecule has 1 heterocycles. The van der Waals surface area contributed by atoms with Gasteiger partial charge in [-0.2, -0.15) is 5.01 Å². The van der Waals surface area contributed by atoms with Crippen LogP contribution >= 0.6 is 11.6 Å². The molecule has 34 heavy (non-hydrogen) atoms. The third-order valence-electron chi connectivity index (χ3n) is 5.30. The summed E-state index contributed by atoms with van der Waals surface area (Å²) < 4.78 is 0. The second kappa shape index (κ2) is 8.87. The highest BCUT2D eigenvalue weighted by molar-refractivity contribution is 6.30. The molecule has 0 saturated carbocycles. The number of amides is 3. The Morgan fingerprint density at radius 2 is 1.56 bits per heavy atom. The van der Waals surface area contributed by atoms with Crippen molar-refractivity contribution in [3.8, 4) is 0 Å². The van der Waals surface area contributed by atoms with Gasteiger partial charge in [0.25, 0.3) is 23.4 Å². The third kappa shape index (κ3) is 4.04. The molecule has 0 N–H and O–H groups in total. The van der Waals surface area contributed by atoms with Crippen molar-refractivity contribution < 1.29 is 24.1 Å². The first kappa shape index (κ1) is 22.8. The predicted octanol–water partition coefficient (Wildman–Crippen LogP) is 4.09. The number of imide groups is 1. The van der Waals surface area contributed by atoms with E-state index >= 15 is 0 Å². The van der Waals surface area contributed by atoms with Crippen molar-refractivity contribution in [2.75, 3.05) is 6.54 Å². The Hall–Kier alpha value is -4.37. The quantitative estimate of drug-likeness (QED) is 0.228. The van der Waals surface area contributed by atoms with Gasteiger partial charge in [0.1, 0.15) is 12.1 Å². The maximum atomic E-state index is 13.4. The minimum Gasteiger partial charge on any atom is -0.292 e. The van der Waals surface area contributed by atoms with Gasteiger partial charge in [-0.1, -0.05) is 47.5 Å². The number of benzene rings is 3. The molecule has 3 aromatic carbocycles. The van der Waals surface area contributed by atoms with Crippen LogP contribution in [0.25, 0.3) is 0 Å². The minimum absolute atomic E-state index is 0.0622. The average Bonchev–Trinajstić information content (AvgIpc) is 3.07. The molecule has 0 fully saturated rings. The van der Waals surface area contributed by atoms with E-state index in [0.717, 1.165) is 11.6 Å². The Morgan fingerprint density at radius 1 is 0.941 bits per heavy atom. The number of nitro groups is 1. The molecule has 0 spiro atoms. The Balaban J connectivity index is 1.77. The summed E-state index contributed by atoms with van der Waals surface area (Å²) in [5.41, 5.74) is 0.0137. The van der Waals surface area contributed by atoms with Crippen molar-refractivity contribution >= 4 is 40.8 Å². The highest BCUT2D eigenvalue weighted by Gasteiger charge is 2.46. The molecule has 0 unspecified atom stereocenters. The summed E-state index contributed by atoms with van der Waals surface area (Å²) >= 11 is 5.89. The minimum atomic E-state index is -1.06. The lowest BCUT2D eigenvalue weighted by atomic mass is 10.1. The van der Waals surface area contributed by atoms with Gasteiger partial charge in [-0.05, 0) is 37.3 Å². The first-order valence-electron chi connectivity index (χ1n) is 10.0. The number of carbonyl (C=O) groups excluding carboxylic acids is 4. The predicted molar refractivity (Wildman–Crippen MR) is 122 cm³/mol. The van der Waals surface area contributed by atoms with Crippen LogP contribution in [0, 0.1) is 17.0 Å². The molecule has 0 radical (unpaired) electrons. The smallest absolute Gasteiger partial charge is 0.287 e. The number of hydrogen-bond acceptors (Lipinski definition) is 6. The van der Waals surface area contributed by atoms with Gasteiger partial charge in [0.05, 0.1) is 10.5 Å². The van der Waals surface area contributed by atoms with E-state index in [9.17, 15) is 29.3 Å². The number of fused-ring (bicyclic) bond motifs is 1. The molecule has 0 bridgehead atoms. The lowest BCUT2D eigenvalue weighted by Crippen LogP contribution is -2.51. The summed E-state index contributed by atoms with van der Waals surface area (Å²) in [4.78, 5) is 63.4. The Kier molecular flexibility index (Phi) is 5.95. The number of nitro benzene ring substituents is 1. The Labute approximate surface area is 198 Å². The molecule has 9 nitrogen and oxygen atoms in total. The van der Waals surface area contributed by atoms with Crippen LogP contribution in [0.5, 0.6) is 0 Å². The third-order valence-corrected chi connectivity index (χ3v) is 5.55. The maximum Gasteiger partial charge on any atom is 0.287 e. The van der Waals surface area contributed by atoms with Crippen LogP contribution in [0.3, 0.4) is 0 Å². The number of hydrazine groups is 1. The molecule has 3 aromatic rings. The van der Waals surface area contributed by atoms with E-state index < -0.39 is 46.2 Å². The van der Waals surface area contributed by atoms with Crippen molar-refractivity contribution in [3.63, 3.8) is 0 Å². The second-order valence-corrected chi connectivity index (χ2v) is 7.97. The molecule has 1 aliphatic rings. The Morgan fingerprint density at radius 3 is 2.18 bits per heavy atom. The zero-order chi connectivity index (χ0) is 24.6. The monoisotopic (exact) mass is 477 g/mol. The molecule has 170 valence electrons. The summed E-state index contributed by atoms with van der Waals surface area (Å²) in [7, 11) is 0. The fourth-order valence-corrected chi connectivity index (χ4v) is 3.69. The highest BCUT2D eigenvalue weighted by atomic mass is 35.5. The maximum absolute atomic E-state index is 13.4. The van der Waals surface area contributed by atoms with E-state index in [2.05, 4.69) is 0 Å². The molecule has 10 heteroatoms. The topological polar surface area (TPSA) is 118 Å². The Bertz CT molecular complexity index is 1350. The van der Waals surface area contributed by atoms with Gasteiger partial charge in [0.2, 0.25) is 0 Å². The molecule has 1 aliphatic heterocycles. The summed E-state index contributed by atoms with van der Waals surface area (Å²) in [5, 5.41) is 13.0. The number of aryl methyl sites for hydroxylation is 1. The first-order valence-corrected chi connectivity index (χ1v) is 10.4. The fourth-order valence-electron chi connectivity index (χ4n) is 3.57. The largest absolute Gasteiger partial charge is 0.292 e. The van der Waals surface area contributed by atoms with E-state index in [4.69, 9.17) is 11.6 Å². The number of Topliss-reactive ketones (excluding diaryl/α,β-unsaturated/α-hetero) is 1. The van der Waals surface area contributed by atoms with E-state index in [1.807, 2.05) is 6.92 Å². The summed E-state index contributed by atoms with van der Waals surface area (Å²) in [6.45, 7) is 1.19. The summed E-state index contributed by atoms with van der Waals surface area (Å²) in [5.74, 6) is -3.36. The first-order chi connectivity index (χ1) is 16.2. The van der Waals surface area contributed by atoms with Gasteiger partial charge in [-0.15, -0.1) is 0 Å². The summed E-state index contributed by atoms with van der Waals surface area (Å²) in [6, 6.07) is 15.8. The van der Waals surface area contributed by atoms with Crippen LogP contribution in [0.4, 0.5) is 5.69 Å². The van der Waals surface area contributed by atoms with E-state index in [1.165, 1.54) is 36.4 Å². The van der Waals surface area contributed by atoms with Gasteiger partial charge >= 0.3 is 0 Å². The highest BCUT2D eigenvalue weighted by Crippen LogP contribution is 2.32. The second-order valence-electron chi connectivity index (χ2n) is 7.54. The van der Waals surface area contributed by atoms with Crippen molar-refractivity contribution in [2.24, 2.45) is 0 Å². The van der Waals surface area contributed by atoms with E-state index in [1.54, 1.807) is 24.3 Å². The van der Waals surface area contributed by atoms with Crippen molar-refractivity contribution in [1.29, 1.82) is 0 Å². The van der Waals surface area contributed by atoms with E-state index in [-0.39, 0.29) is 16.7 Å². The van der Waals surface area contributed by atoms with Gasteiger partial charge in [-0.25, -0.2) is 5.01 Å². The fraction of sp³-hybridized carbons (Fsp3) is 0.0833. The van der Waals surface area contributed by atoms with Crippen LogP contribution in [-0.4, -0.2) is 45.0 Å². The standard InChI is InChI=1S/C24H16ClN3O6/c1-14-5-7-15(8-6-14)20(29)13-26(22(30)16-9-11-17(25)12-10-16)27-23(31)18-3-2-4-19(28(33)34)21(18)24(27)32/h2-12H,13H2,1H3. The molecule has 0 atom stereocenters. The van der Waals surface area contributed by atoms with Gasteiger partial charge in [0.15, 0.2) is 5.78 Å². The molecule has 0 saturated heterocycles. The van der Waals surface area contributed by atoms with Crippen LogP contribution < -0.4 is 0 Å². The number of hydrogen-bond donors (Lipinski definition) is 0. The normalized spacial score (nSPS) is 12.5. The van der Waals surface area contributed by atoms with Crippen LogP contribution in [0.1, 0.15) is 47.0 Å². The van der Waals surface area contributed by atoms with Gasteiger partial charge in [-0.3, -0.25) is 29.3 Å². The van der Waals surface area contributed by atoms with Crippen LogP contribution in [0.2, 0.25) is 5.02 Å². The molecule has 0 aromatic heterocycles. The molecule has 0 aliphatic carbocycles. The lowest BCUT2D eigenvalue weighted by Gasteiger charge is -2.29. The number of halogens is 1. The summed E-state index contributed by atoms with van der Waals surface area (Å²) in [6.07, 6.45) is 0. The van der Waals surface area contributed by atoms with Crippen molar-refractivity contribution in [2.45, 2.75) is 6.92 Å². The van der Waals surface area contributed by atoms with Crippen molar-refractivity contribution in [3.05, 3.63) is 110 Å². The molecular formula is C24H16ClN3O6. The van der Waals surface area contributed by atoms with Crippen LogP contribution in [0.15, 0.2) is 66.7 Å². The SMILES string of the molecule is Cc1ccc(C(=O)CN(C(=O)c2ccc(Cl)cc2)N2C(=O)c3cccc([N+](=O)[O-])c3C2=O)cc1. The zero-order valence-electron chi connectivity index (χ0n) is 17.7. The van der Waals surface area contributed by atoms with Gasteiger partial charge < -0.3 is 0 Å². The van der Waals surface area contributed by atoms with Crippen molar-refractivity contribution in [1.82, 2.24) is 10.0 Å². The molecular weight excluding hydrogens is 462 g/mol. The average molecular weight is 478 g/mol. The van der Waals surface area contributed by atoms with Gasteiger partial charge in [0, 0.05) is 22.2 Å².